The molecular weight excluding hydrogens is 347 g/mol. The number of esters is 1. The van der Waals surface area contributed by atoms with Crippen LogP contribution in [0.3, 0.4) is 0 Å². The first kappa shape index (κ1) is 17.1. The highest BCUT2D eigenvalue weighted by Gasteiger charge is 2.45. The van der Waals surface area contributed by atoms with Crippen molar-refractivity contribution in [3.05, 3.63) is 52.7 Å². The van der Waals surface area contributed by atoms with Crippen LogP contribution >= 0.6 is 11.3 Å². The van der Waals surface area contributed by atoms with Gasteiger partial charge < -0.3 is 15.8 Å². The second-order valence-corrected chi connectivity index (χ2v) is 6.60. The molecule has 1 aromatic carbocycles. The number of primary amides is 1. The summed E-state index contributed by atoms with van der Waals surface area (Å²) in [6, 6.07) is 7.48. The van der Waals surface area contributed by atoms with Gasteiger partial charge >= 0.3 is 5.97 Å². The fourth-order valence-electron chi connectivity index (χ4n) is 2.54. The van der Waals surface area contributed by atoms with E-state index in [-0.39, 0.29) is 23.2 Å². The minimum atomic E-state index is -0.645. The van der Waals surface area contributed by atoms with Crippen LogP contribution in [0.1, 0.15) is 28.3 Å². The molecule has 0 bridgehead atoms. The van der Waals surface area contributed by atoms with Crippen molar-refractivity contribution >= 4 is 34.1 Å². The predicted octanol–water partition coefficient (Wildman–Crippen LogP) is 2.27. The summed E-state index contributed by atoms with van der Waals surface area (Å²) in [4.78, 5) is 35.0. The second-order valence-electron chi connectivity index (χ2n) is 5.68. The third-order valence-corrected chi connectivity index (χ3v) is 4.75. The van der Waals surface area contributed by atoms with E-state index in [0.29, 0.717) is 11.4 Å². The van der Waals surface area contributed by atoms with E-state index in [4.69, 9.17) is 10.5 Å². The Morgan fingerprint density at radius 2 is 1.96 bits per heavy atom. The molecule has 2 amide bonds. The van der Waals surface area contributed by atoms with Crippen LogP contribution in [0, 0.1) is 11.7 Å². The highest BCUT2D eigenvalue weighted by atomic mass is 32.1. The molecule has 1 heterocycles. The van der Waals surface area contributed by atoms with Gasteiger partial charge in [-0.15, -0.1) is 11.3 Å². The standard InChI is InChI=1S/C17H15FN2O4S/c18-10-3-1-9(2-4-10)12-7-13(12)17(23)24-8-14(21)20-16-11(15(19)22)5-6-25-16/h1-6,12-13H,7-8H2,(H2,19,22)(H,20,21). The first-order valence-corrected chi connectivity index (χ1v) is 8.43. The van der Waals surface area contributed by atoms with Gasteiger partial charge in [-0.25, -0.2) is 4.39 Å². The van der Waals surface area contributed by atoms with Crippen molar-refractivity contribution in [2.45, 2.75) is 12.3 Å². The lowest BCUT2D eigenvalue weighted by Gasteiger charge is -2.06. The fraction of sp³-hybridized carbons (Fsp3) is 0.235. The van der Waals surface area contributed by atoms with Crippen molar-refractivity contribution in [2.75, 3.05) is 11.9 Å². The number of halogens is 1. The maximum absolute atomic E-state index is 12.9. The van der Waals surface area contributed by atoms with Crippen molar-refractivity contribution < 1.29 is 23.5 Å². The summed E-state index contributed by atoms with van der Waals surface area (Å²) in [6.45, 7) is -0.443. The quantitative estimate of drug-likeness (QED) is 0.770. The summed E-state index contributed by atoms with van der Waals surface area (Å²) in [7, 11) is 0. The van der Waals surface area contributed by atoms with E-state index in [1.165, 1.54) is 18.2 Å². The van der Waals surface area contributed by atoms with Gasteiger partial charge in [-0.1, -0.05) is 12.1 Å². The number of thiophene rings is 1. The Hall–Kier alpha value is -2.74. The number of carbonyl (C=O) groups excluding carboxylic acids is 3. The molecule has 8 heteroatoms. The van der Waals surface area contributed by atoms with Crippen molar-refractivity contribution in [3.63, 3.8) is 0 Å². The van der Waals surface area contributed by atoms with Crippen LogP contribution < -0.4 is 11.1 Å². The summed E-state index contributed by atoms with van der Waals surface area (Å²) in [5.41, 5.74) is 6.28. The minimum absolute atomic E-state index is 0.00470. The van der Waals surface area contributed by atoms with Gasteiger partial charge in [0.1, 0.15) is 10.8 Å². The third-order valence-electron chi connectivity index (χ3n) is 3.92. The first-order valence-electron chi connectivity index (χ1n) is 7.55. The van der Waals surface area contributed by atoms with E-state index >= 15 is 0 Å². The van der Waals surface area contributed by atoms with Gasteiger partial charge in [0.05, 0.1) is 11.5 Å². The molecule has 130 valence electrons. The van der Waals surface area contributed by atoms with E-state index in [9.17, 15) is 18.8 Å². The van der Waals surface area contributed by atoms with Crippen LogP contribution in [0.25, 0.3) is 0 Å². The number of amides is 2. The smallest absolute Gasteiger partial charge is 0.310 e. The van der Waals surface area contributed by atoms with Gasteiger partial charge in [0.25, 0.3) is 11.8 Å². The summed E-state index contributed by atoms with van der Waals surface area (Å²) in [5.74, 6) is -2.31. The highest BCUT2D eigenvalue weighted by molar-refractivity contribution is 7.14. The SMILES string of the molecule is NC(=O)c1ccsc1NC(=O)COC(=O)C1CC1c1ccc(F)cc1. The number of benzene rings is 1. The largest absolute Gasteiger partial charge is 0.455 e. The van der Waals surface area contributed by atoms with Crippen LogP contribution in [0.15, 0.2) is 35.7 Å². The lowest BCUT2D eigenvalue weighted by atomic mass is 10.1. The van der Waals surface area contributed by atoms with E-state index in [0.717, 1.165) is 16.9 Å². The zero-order valence-corrected chi connectivity index (χ0v) is 13.8. The molecule has 25 heavy (non-hydrogen) atoms. The van der Waals surface area contributed by atoms with Gasteiger partial charge in [0, 0.05) is 0 Å². The highest BCUT2D eigenvalue weighted by Crippen LogP contribution is 2.48. The lowest BCUT2D eigenvalue weighted by molar-refractivity contribution is -0.148. The molecule has 1 aliphatic carbocycles. The molecule has 2 aromatic rings. The van der Waals surface area contributed by atoms with Crippen molar-refractivity contribution in [1.82, 2.24) is 0 Å². The van der Waals surface area contributed by atoms with E-state index in [2.05, 4.69) is 5.32 Å². The Labute approximate surface area is 146 Å². The monoisotopic (exact) mass is 362 g/mol. The number of hydrogen-bond donors (Lipinski definition) is 2. The molecular formula is C17H15FN2O4S. The van der Waals surface area contributed by atoms with Gasteiger partial charge in [0.15, 0.2) is 6.61 Å². The normalized spacial score (nSPS) is 18.4. The second kappa shape index (κ2) is 7.02. The van der Waals surface area contributed by atoms with Crippen LogP contribution in [-0.2, 0) is 14.3 Å². The number of hydrogen-bond acceptors (Lipinski definition) is 5. The molecule has 0 radical (unpaired) electrons. The molecule has 0 aliphatic heterocycles. The molecule has 1 saturated carbocycles. The van der Waals surface area contributed by atoms with Gasteiger partial charge in [-0.2, -0.15) is 0 Å². The van der Waals surface area contributed by atoms with Gasteiger partial charge in [-0.3, -0.25) is 14.4 Å². The number of carbonyl (C=O) groups is 3. The first-order chi connectivity index (χ1) is 12.0. The molecule has 6 nitrogen and oxygen atoms in total. The predicted molar refractivity (Wildman–Crippen MR) is 89.7 cm³/mol. The molecule has 3 rings (SSSR count). The average Bonchev–Trinajstić information content (AvgIpc) is 3.24. The summed E-state index contributed by atoms with van der Waals surface area (Å²) < 4.78 is 17.9. The third kappa shape index (κ3) is 4.03. The van der Waals surface area contributed by atoms with Crippen LogP contribution in [0.4, 0.5) is 9.39 Å². The maximum Gasteiger partial charge on any atom is 0.310 e. The molecule has 0 saturated heterocycles. The maximum atomic E-state index is 12.9. The molecule has 1 aromatic heterocycles. The zero-order valence-electron chi connectivity index (χ0n) is 13.0. The molecule has 1 fully saturated rings. The molecule has 1 aliphatic rings. The lowest BCUT2D eigenvalue weighted by Crippen LogP contribution is -2.23. The van der Waals surface area contributed by atoms with E-state index in [1.54, 1.807) is 17.5 Å². The Bertz CT molecular complexity index is 818. The average molecular weight is 362 g/mol. The molecule has 0 spiro atoms. The Kier molecular flexibility index (Phi) is 4.80. The molecule has 3 N–H and O–H groups in total. The summed E-state index contributed by atoms with van der Waals surface area (Å²) in [6.07, 6.45) is 0.614. The van der Waals surface area contributed by atoms with Crippen LogP contribution in [0.2, 0.25) is 0 Å². The van der Waals surface area contributed by atoms with Crippen molar-refractivity contribution in [3.8, 4) is 0 Å². The van der Waals surface area contributed by atoms with Crippen molar-refractivity contribution in [1.29, 1.82) is 0 Å². The Morgan fingerprint density at radius 1 is 1.24 bits per heavy atom. The topological polar surface area (TPSA) is 98.5 Å². The van der Waals surface area contributed by atoms with Crippen LogP contribution in [-0.4, -0.2) is 24.4 Å². The van der Waals surface area contributed by atoms with Crippen molar-refractivity contribution in [2.24, 2.45) is 11.7 Å². The van der Waals surface area contributed by atoms with E-state index in [1.807, 2.05) is 0 Å². The van der Waals surface area contributed by atoms with Gasteiger partial charge in [0.2, 0.25) is 0 Å². The summed E-state index contributed by atoms with van der Waals surface area (Å²) >= 11 is 1.15. The summed E-state index contributed by atoms with van der Waals surface area (Å²) in [5, 5.41) is 4.44. The number of anilines is 1. The number of nitrogens with one attached hydrogen (secondary N) is 1. The zero-order chi connectivity index (χ0) is 18.0. The molecule has 2 atom stereocenters. The fourth-order valence-corrected chi connectivity index (χ4v) is 3.35. The Morgan fingerprint density at radius 3 is 2.64 bits per heavy atom. The van der Waals surface area contributed by atoms with Gasteiger partial charge in [-0.05, 0) is 41.5 Å². The number of rotatable bonds is 6. The minimum Gasteiger partial charge on any atom is -0.455 e. The number of ether oxygens (including phenoxy) is 1. The van der Waals surface area contributed by atoms with E-state index < -0.39 is 24.4 Å². The number of nitrogens with two attached hydrogens (primary N) is 1. The Balaban J connectivity index is 1.48. The molecule has 2 unspecified atom stereocenters. The van der Waals surface area contributed by atoms with Crippen LogP contribution in [0.5, 0.6) is 0 Å².